The summed E-state index contributed by atoms with van der Waals surface area (Å²) in [4.78, 5) is 31.4. The van der Waals surface area contributed by atoms with Crippen LogP contribution in [-0.2, 0) is 9.53 Å². The second-order valence-electron chi connectivity index (χ2n) is 10.3. The fraction of sp³-hybridized carbons (Fsp3) is 0.344. The molecule has 3 aromatic rings. The molecular formula is C32H35FN4O4. The summed E-state index contributed by atoms with van der Waals surface area (Å²) in [5.41, 5.74) is 3.34. The van der Waals surface area contributed by atoms with Crippen molar-refractivity contribution in [2.75, 3.05) is 53.0 Å². The lowest BCUT2D eigenvalue weighted by Crippen LogP contribution is -2.46. The third kappa shape index (κ3) is 6.81. The quantitative estimate of drug-likeness (QED) is 0.392. The summed E-state index contributed by atoms with van der Waals surface area (Å²) >= 11 is 0. The Bertz CT molecular complexity index is 1390. The zero-order valence-corrected chi connectivity index (χ0v) is 23.5. The molecule has 0 bridgehead atoms. The van der Waals surface area contributed by atoms with E-state index in [0.717, 1.165) is 24.2 Å². The van der Waals surface area contributed by atoms with E-state index in [9.17, 15) is 14.0 Å². The molecule has 2 aliphatic rings. The molecule has 9 heteroatoms. The highest BCUT2D eigenvalue weighted by Gasteiger charge is 2.35. The van der Waals surface area contributed by atoms with Gasteiger partial charge < -0.3 is 14.4 Å². The molecule has 214 valence electrons. The van der Waals surface area contributed by atoms with Crippen LogP contribution in [0.5, 0.6) is 5.75 Å². The predicted octanol–water partition coefficient (Wildman–Crippen LogP) is 4.30. The van der Waals surface area contributed by atoms with Gasteiger partial charge in [0, 0.05) is 43.7 Å². The third-order valence-corrected chi connectivity index (χ3v) is 7.55. The van der Waals surface area contributed by atoms with Gasteiger partial charge in [0.1, 0.15) is 18.1 Å². The van der Waals surface area contributed by atoms with Crippen LogP contribution in [0, 0.1) is 12.7 Å². The fourth-order valence-corrected chi connectivity index (χ4v) is 5.14. The number of carbonyl (C=O) groups excluding carboxylic acids is 2. The maximum absolute atomic E-state index is 14.7. The van der Waals surface area contributed by atoms with Gasteiger partial charge in [-0.2, -0.15) is 5.10 Å². The van der Waals surface area contributed by atoms with Crippen LogP contribution in [0.4, 0.5) is 4.39 Å². The van der Waals surface area contributed by atoms with Crippen molar-refractivity contribution in [3.05, 3.63) is 101 Å². The third-order valence-electron chi connectivity index (χ3n) is 7.55. The van der Waals surface area contributed by atoms with E-state index in [-0.39, 0.29) is 24.2 Å². The molecule has 3 aromatic carbocycles. The van der Waals surface area contributed by atoms with Crippen molar-refractivity contribution >= 4 is 17.5 Å². The molecule has 0 N–H and O–H groups in total. The van der Waals surface area contributed by atoms with Gasteiger partial charge in [-0.1, -0.05) is 48.0 Å². The fourth-order valence-electron chi connectivity index (χ4n) is 5.14. The summed E-state index contributed by atoms with van der Waals surface area (Å²) < 4.78 is 25.4. The Morgan fingerprint density at radius 1 is 1.02 bits per heavy atom. The van der Waals surface area contributed by atoms with Crippen molar-refractivity contribution in [2.24, 2.45) is 5.10 Å². The first kappa shape index (κ1) is 28.4. The van der Waals surface area contributed by atoms with E-state index in [1.54, 1.807) is 54.5 Å². The van der Waals surface area contributed by atoms with Crippen LogP contribution >= 0.6 is 0 Å². The van der Waals surface area contributed by atoms with Crippen molar-refractivity contribution in [1.29, 1.82) is 0 Å². The minimum Gasteiger partial charge on any atom is -0.497 e. The monoisotopic (exact) mass is 558 g/mol. The Balaban J connectivity index is 1.41. The topological polar surface area (TPSA) is 74.7 Å². The number of halogens is 1. The number of amides is 2. The van der Waals surface area contributed by atoms with Gasteiger partial charge in [-0.3, -0.25) is 14.5 Å². The molecule has 0 aliphatic carbocycles. The predicted molar refractivity (Wildman–Crippen MR) is 154 cm³/mol. The van der Waals surface area contributed by atoms with Gasteiger partial charge in [0.25, 0.3) is 11.8 Å². The Hall–Kier alpha value is -4.08. The number of rotatable bonds is 9. The highest BCUT2D eigenvalue weighted by Crippen LogP contribution is 2.33. The summed E-state index contributed by atoms with van der Waals surface area (Å²) in [6, 6.07) is 20.8. The average molecular weight is 559 g/mol. The Labute approximate surface area is 240 Å². The van der Waals surface area contributed by atoms with Crippen molar-refractivity contribution in [1.82, 2.24) is 14.8 Å². The minimum atomic E-state index is -0.408. The first-order valence-corrected chi connectivity index (χ1v) is 13.9. The molecule has 0 spiro atoms. The number of methoxy groups -OCH3 is 1. The Morgan fingerprint density at radius 3 is 2.41 bits per heavy atom. The second kappa shape index (κ2) is 13.1. The number of nitrogens with zero attached hydrogens (tertiary/aromatic N) is 4. The standard InChI is InChI=1S/C32H35FN4O4/c1-23-7-9-24(10-8-23)30-21-29(27-5-3-4-6-28(27)33)34-37(30)31(38)22-36(16-15-35-17-19-41-20-18-35)32(39)25-11-13-26(40-2)14-12-25/h3-14,30H,15-22H2,1-2H3/t30-/m1/s1. The first-order chi connectivity index (χ1) is 19.9. The molecule has 5 rings (SSSR count). The van der Waals surface area contributed by atoms with Gasteiger partial charge in [0.15, 0.2) is 0 Å². The zero-order chi connectivity index (χ0) is 28.8. The molecule has 2 heterocycles. The summed E-state index contributed by atoms with van der Waals surface area (Å²) in [6.45, 7) is 5.65. The van der Waals surface area contributed by atoms with Crippen LogP contribution in [-0.4, -0.2) is 85.4 Å². The lowest BCUT2D eigenvalue weighted by molar-refractivity contribution is -0.133. The average Bonchev–Trinajstić information content (AvgIpc) is 3.45. The van der Waals surface area contributed by atoms with Crippen LogP contribution in [0.2, 0.25) is 0 Å². The van der Waals surface area contributed by atoms with E-state index < -0.39 is 6.04 Å². The number of hydrazone groups is 1. The van der Waals surface area contributed by atoms with Gasteiger partial charge in [-0.25, -0.2) is 9.40 Å². The molecule has 2 aliphatic heterocycles. The van der Waals surface area contributed by atoms with Crippen molar-refractivity contribution in [2.45, 2.75) is 19.4 Å². The van der Waals surface area contributed by atoms with E-state index >= 15 is 0 Å². The number of carbonyl (C=O) groups is 2. The number of ether oxygens (including phenoxy) is 2. The van der Waals surface area contributed by atoms with E-state index in [1.165, 1.54) is 11.1 Å². The SMILES string of the molecule is COc1ccc(C(=O)N(CCN2CCOCC2)CC(=O)N2N=C(c3ccccc3F)C[C@@H]2c2ccc(C)cc2)cc1. The smallest absolute Gasteiger partial charge is 0.262 e. The number of hydrogen-bond acceptors (Lipinski definition) is 6. The van der Waals surface area contributed by atoms with Gasteiger partial charge in [-0.05, 0) is 42.8 Å². The molecule has 1 fully saturated rings. The van der Waals surface area contributed by atoms with Crippen molar-refractivity contribution in [3.8, 4) is 5.75 Å². The molecule has 1 saturated heterocycles. The van der Waals surface area contributed by atoms with Crippen LogP contribution in [0.25, 0.3) is 0 Å². The Kier molecular flexibility index (Phi) is 9.06. The number of benzene rings is 3. The van der Waals surface area contributed by atoms with Crippen molar-refractivity contribution in [3.63, 3.8) is 0 Å². The largest absolute Gasteiger partial charge is 0.497 e. The van der Waals surface area contributed by atoms with E-state index in [1.807, 2.05) is 31.2 Å². The highest BCUT2D eigenvalue weighted by atomic mass is 19.1. The van der Waals surface area contributed by atoms with Crippen LogP contribution in [0.15, 0.2) is 77.9 Å². The maximum Gasteiger partial charge on any atom is 0.262 e. The van der Waals surface area contributed by atoms with Crippen LogP contribution < -0.4 is 4.74 Å². The lowest BCUT2D eigenvalue weighted by Gasteiger charge is -2.31. The molecule has 41 heavy (non-hydrogen) atoms. The Morgan fingerprint density at radius 2 is 1.73 bits per heavy atom. The van der Waals surface area contributed by atoms with Gasteiger partial charge in [0.2, 0.25) is 0 Å². The minimum absolute atomic E-state index is 0.161. The van der Waals surface area contributed by atoms with E-state index in [4.69, 9.17) is 9.47 Å². The van der Waals surface area contributed by atoms with Gasteiger partial charge in [-0.15, -0.1) is 0 Å². The first-order valence-electron chi connectivity index (χ1n) is 13.9. The molecule has 1 atom stereocenters. The summed E-state index contributed by atoms with van der Waals surface area (Å²) in [7, 11) is 1.57. The van der Waals surface area contributed by atoms with Crippen molar-refractivity contribution < 1.29 is 23.5 Å². The molecule has 0 saturated carbocycles. The normalized spacial score (nSPS) is 17.3. The van der Waals surface area contributed by atoms with Crippen LogP contribution in [0.1, 0.15) is 39.5 Å². The molecular weight excluding hydrogens is 523 g/mol. The van der Waals surface area contributed by atoms with Gasteiger partial charge >= 0.3 is 0 Å². The second-order valence-corrected chi connectivity index (χ2v) is 10.3. The number of aryl methyl sites for hydroxylation is 1. The summed E-state index contributed by atoms with van der Waals surface area (Å²) in [5, 5.41) is 6.06. The van der Waals surface area contributed by atoms with E-state index in [0.29, 0.717) is 55.3 Å². The van der Waals surface area contributed by atoms with Crippen LogP contribution in [0.3, 0.4) is 0 Å². The summed E-state index contributed by atoms with van der Waals surface area (Å²) in [5.74, 6) is -0.319. The number of hydrogen-bond donors (Lipinski definition) is 0. The zero-order valence-electron chi connectivity index (χ0n) is 23.5. The molecule has 0 radical (unpaired) electrons. The highest BCUT2D eigenvalue weighted by molar-refractivity contribution is 6.04. The summed E-state index contributed by atoms with van der Waals surface area (Å²) in [6.07, 6.45) is 0.371. The molecule has 0 aromatic heterocycles. The maximum atomic E-state index is 14.7. The molecule has 0 unspecified atom stereocenters. The van der Waals surface area contributed by atoms with Gasteiger partial charge in [0.05, 0.1) is 32.1 Å². The van der Waals surface area contributed by atoms with E-state index in [2.05, 4.69) is 10.0 Å². The lowest BCUT2D eigenvalue weighted by atomic mass is 9.97. The number of morpholine rings is 1. The molecule has 2 amide bonds. The molecule has 8 nitrogen and oxygen atoms in total.